The van der Waals surface area contributed by atoms with Gasteiger partial charge in [-0.25, -0.2) is 0 Å². The highest BCUT2D eigenvalue weighted by Crippen LogP contribution is 2.31. The van der Waals surface area contributed by atoms with Gasteiger partial charge in [0, 0.05) is 12.8 Å². The van der Waals surface area contributed by atoms with Crippen LogP contribution in [-0.4, -0.2) is 18.5 Å². The number of hydrogen-bond acceptors (Lipinski definition) is 4. The van der Waals surface area contributed by atoms with E-state index in [1.54, 1.807) is 0 Å². The van der Waals surface area contributed by atoms with Crippen molar-refractivity contribution < 1.29 is 19.1 Å². The maximum atomic E-state index is 12.5. The van der Waals surface area contributed by atoms with Crippen molar-refractivity contribution in [2.45, 2.75) is 110 Å². The summed E-state index contributed by atoms with van der Waals surface area (Å²) in [6, 6.07) is 10.1. The number of benzene rings is 1. The van der Waals surface area contributed by atoms with Crippen LogP contribution in [0.5, 0.6) is 0 Å². The molecule has 0 saturated heterocycles. The molecule has 0 aromatic heterocycles. The van der Waals surface area contributed by atoms with Crippen molar-refractivity contribution in [3.8, 4) is 0 Å². The molecule has 0 aliphatic heterocycles. The number of carbonyl (C=O) groups excluding carboxylic acids is 2. The highest BCUT2D eigenvalue weighted by molar-refractivity contribution is 5.69. The molecule has 0 heterocycles. The zero-order valence-electron chi connectivity index (χ0n) is 21.5. The van der Waals surface area contributed by atoms with E-state index in [4.69, 9.17) is 9.47 Å². The van der Waals surface area contributed by atoms with E-state index in [1.807, 2.05) is 18.2 Å². The molecule has 0 saturated carbocycles. The van der Waals surface area contributed by atoms with E-state index in [0.717, 1.165) is 69.8 Å². The average molecular weight is 471 g/mol. The fourth-order valence-corrected chi connectivity index (χ4v) is 4.49. The molecule has 2 atom stereocenters. The van der Waals surface area contributed by atoms with Crippen molar-refractivity contribution in [2.24, 2.45) is 11.8 Å². The van der Waals surface area contributed by atoms with Gasteiger partial charge < -0.3 is 9.47 Å². The van der Waals surface area contributed by atoms with E-state index in [0.29, 0.717) is 31.3 Å². The molecule has 34 heavy (non-hydrogen) atoms. The first-order valence-corrected chi connectivity index (χ1v) is 13.6. The van der Waals surface area contributed by atoms with Crippen LogP contribution in [0.2, 0.25) is 0 Å². The molecule has 1 aliphatic carbocycles. The van der Waals surface area contributed by atoms with Gasteiger partial charge in [0.1, 0.15) is 6.10 Å². The van der Waals surface area contributed by atoms with E-state index in [-0.39, 0.29) is 18.0 Å². The Morgan fingerprint density at radius 2 is 1.59 bits per heavy atom. The summed E-state index contributed by atoms with van der Waals surface area (Å²) >= 11 is 0. The van der Waals surface area contributed by atoms with Crippen molar-refractivity contribution in [2.75, 3.05) is 6.61 Å². The smallest absolute Gasteiger partial charge is 0.306 e. The van der Waals surface area contributed by atoms with Crippen LogP contribution in [0.25, 0.3) is 0 Å². The molecule has 2 rings (SSSR count). The largest absolute Gasteiger partial charge is 0.466 e. The Labute approximate surface area is 207 Å². The lowest BCUT2D eigenvalue weighted by Gasteiger charge is -2.24. The first-order chi connectivity index (χ1) is 16.5. The summed E-state index contributed by atoms with van der Waals surface area (Å²) in [6.07, 6.45) is 17.9. The predicted molar refractivity (Wildman–Crippen MR) is 138 cm³/mol. The van der Waals surface area contributed by atoms with Gasteiger partial charge in [0.15, 0.2) is 0 Å². The van der Waals surface area contributed by atoms with E-state index in [1.165, 1.54) is 12.8 Å². The van der Waals surface area contributed by atoms with Gasteiger partial charge in [0.2, 0.25) is 0 Å². The molecular weight excluding hydrogens is 424 g/mol. The molecule has 1 aliphatic rings. The summed E-state index contributed by atoms with van der Waals surface area (Å²) < 4.78 is 11.2. The molecule has 1 aromatic rings. The van der Waals surface area contributed by atoms with Gasteiger partial charge in [-0.2, -0.15) is 0 Å². The fraction of sp³-hybridized carbons (Fsp3) is 0.667. The maximum absolute atomic E-state index is 12.5. The van der Waals surface area contributed by atoms with Gasteiger partial charge in [-0.05, 0) is 68.8 Å². The van der Waals surface area contributed by atoms with Crippen LogP contribution in [0.1, 0.15) is 115 Å². The maximum Gasteiger partial charge on any atom is 0.306 e. The average Bonchev–Trinajstić information content (AvgIpc) is 2.84. The topological polar surface area (TPSA) is 52.6 Å². The molecule has 4 heteroatoms. The predicted octanol–water partition coefficient (Wildman–Crippen LogP) is 8.12. The summed E-state index contributed by atoms with van der Waals surface area (Å²) in [4.78, 5) is 24.3. The minimum atomic E-state index is -0.161. The fourth-order valence-electron chi connectivity index (χ4n) is 4.49. The normalized spacial score (nSPS) is 16.4. The number of esters is 2. The second-order valence-corrected chi connectivity index (χ2v) is 10.1. The number of rotatable bonds is 17. The number of allylic oxidation sites excluding steroid dienone is 2. The van der Waals surface area contributed by atoms with E-state index >= 15 is 0 Å². The highest BCUT2D eigenvalue weighted by Gasteiger charge is 2.21. The molecule has 1 aromatic carbocycles. The Morgan fingerprint density at radius 1 is 0.912 bits per heavy atom. The number of hydrogen-bond donors (Lipinski definition) is 0. The zero-order chi connectivity index (χ0) is 24.4. The van der Waals surface area contributed by atoms with Crippen LogP contribution >= 0.6 is 0 Å². The van der Waals surface area contributed by atoms with Gasteiger partial charge >= 0.3 is 11.9 Å². The molecule has 0 fully saturated rings. The lowest BCUT2D eigenvalue weighted by molar-refractivity contribution is -0.150. The molecule has 2 unspecified atom stereocenters. The van der Waals surface area contributed by atoms with Gasteiger partial charge in [0.25, 0.3) is 0 Å². The second kappa shape index (κ2) is 17.4. The molecule has 190 valence electrons. The zero-order valence-corrected chi connectivity index (χ0v) is 21.5. The lowest BCUT2D eigenvalue weighted by atomic mass is 9.89. The van der Waals surface area contributed by atoms with Gasteiger partial charge in [-0.15, -0.1) is 0 Å². The van der Waals surface area contributed by atoms with Crippen LogP contribution in [0.15, 0.2) is 42.5 Å². The van der Waals surface area contributed by atoms with Crippen molar-refractivity contribution >= 4 is 11.9 Å². The van der Waals surface area contributed by atoms with Crippen LogP contribution in [-0.2, 0) is 19.1 Å². The van der Waals surface area contributed by atoms with Gasteiger partial charge in [-0.1, -0.05) is 82.0 Å². The van der Waals surface area contributed by atoms with Crippen LogP contribution in [0.4, 0.5) is 0 Å². The summed E-state index contributed by atoms with van der Waals surface area (Å²) in [6.45, 7) is 4.92. The van der Waals surface area contributed by atoms with E-state index in [2.05, 4.69) is 38.1 Å². The Balaban J connectivity index is 1.55. The van der Waals surface area contributed by atoms with Crippen LogP contribution in [0, 0.1) is 11.8 Å². The third-order valence-corrected chi connectivity index (χ3v) is 6.52. The number of ether oxygens (including phenoxy) is 2. The standard InChI is InChI=1S/C30H46O4/c1-25(2)16-15-23-33-29(31)21-13-5-3-4-6-14-22-30(32)34-28(27-19-11-8-12-20-27)24-26-17-9-7-10-18-26/h8-9,11-12,17,19-20,25-26,28H,3-7,10,13-16,18,21-24H2,1-2H3. The van der Waals surface area contributed by atoms with Gasteiger partial charge in [-0.3, -0.25) is 9.59 Å². The molecule has 4 nitrogen and oxygen atoms in total. The summed E-state index contributed by atoms with van der Waals surface area (Å²) in [5, 5.41) is 0. The number of unbranched alkanes of at least 4 members (excludes halogenated alkanes) is 5. The lowest BCUT2D eigenvalue weighted by Crippen LogP contribution is -2.15. The molecule has 0 N–H and O–H groups in total. The van der Waals surface area contributed by atoms with Crippen LogP contribution in [0.3, 0.4) is 0 Å². The summed E-state index contributed by atoms with van der Waals surface area (Å²) in [7, 11) is 0. The van der Waals surface area contributed by atoms with E-state index in [9.17, 15) is 9.59 Å². The molecular formula is C30H46O4. The summed E-state index contributed by atoms with van der Waals surface area (Å²) in [5.74, 6) is 0.992. The third-order valence-electron chi connectivity index (χ3n) is 6.52. The quantitative estimate of drug-likeness (QED) is 0.131. The highest BCUT2D eigenvalue weighted by atomic mass is 16.5. The van der Waals surface area contributed by atoms with Crippen molar-refractivity contribution in [1.29, 1.82) is 0 Å². The minimum absolute atomic E-state index is 0.0665. The molecule has 0 spiro atoms. The van der Waals surface area contributed by atoms with Crippen molar-refractivity contribution in [3.63, 3.8) is 0 Å². The van der Waals surface area contributed by atoms with Crippen LogP contribution < -0.4 is 0 Å². The Bertz CT molecular complexity index is 710. The Hall–Kier alpha value is -2.10. The summed E-state index contributed by atoms with van der Waals surface area (Å²) in [5.41, 5.74) is 1.09. The van der Waals surface area contributed by atoms with Gasteiger partial charge in [0.05, 0.1) is 6.61 Å². The monoisotopic (exact) mass is 470 g/mol. The molecule has 0 bridgehead atoms. The van der Waals surface area contributed by atoms with E-state index < -0.39 is 0 Å². The minimum Gasteiger partial charge on any atom is -0.466 e. The first kappa shape index (κ1) is 28.1. The molecule has 0 amide bonds. The Kier molecular flexibility index (Phi) is 14.4. The third kappa shape index (κ3) is 13.0. The van der Waals surface area contributed by atoms with Crippen molar-refractivity contribution in [1.82, 2.24) is 0 Å². The van der Waals surface area contributed by atoms with Crippen molar-refractivity contribution in [3.05, 3.63) is 48.0 Å². The molecule has 0 radical (unpaired) electrons. The second-order valence-electron chi connectivity index (χ2n) is 10.1. The SMILES string of the molecule is CC(C)CCCOC(=O)CCCCCCCCC(=O)OC(CC1C=CCCC1)c1ccccc1. The Morgan fingerprint density at radius 3 is 2.24 bits per heavy atom. The number of carbonyl (C=O) groups is 2. The first-order valence-electron chi connectivity index (χ1n) is 13.6.